The van der Waals surface area contributed by atoms with Crippen LogP contribution in [-0.2, 0) is 21.9 Å². The van der Waals surface area contributed by atoms with Gasteiger partial charge < -0.3 is 0 Å². The lowest BCUT2D eigenvalue weighted by molar-refractivity contribution is -0.121. The van der Waals surface area contributed by atoms with Crippen molar-refractivity contribution in [1.82, 2.24) is 14.5 Å². The van der Waals surface area contributed by atoms with Crippen molar-refractivity contribution < 1.29 is 13.2 Å². The number of aromatic nitrogens is 2. The number of thiophene rings is 1. The number of carbonyl (C=O) groups is 1. The first-order valence-electron chi connectivity index (χ1n) is 8.10. The summed E-state index contributed by atoms with van der Waals surface area (Å²) in [5, 5.41) is 4.27. The Morgan fingerprint density at radius 3 is 2.56 bits per heavy atom. The van der Waals surface area contributed by atoms with Crippen molar-refractivity contribution in [3.8, 4) is 0 Å². The maximum absolute atomic E-state index is 12.8. The van der Waals surface area contributed by atoms with Crippen LogP contribution in [0.5, 0.6) is 0 Å². The highest BCUT2D eigenvalue weighted by atomic mass is 32.2. The predicted octanol–water partition coefficient (Wildman–Crippen LogP) is 1.88. The van der Waals surface area contributed by atoms with Gasteiger partial charge in [0.2, 0.25) is 5.91 Å². The van der Waals surface area contributed by atoms with Gasteiger partial charge in [-0.25, -0.2) is 8.42 Å². The number of amides is 1. The van der Waals surface area contributed by atoms with Gasteiger partial charge in [0.05, 0.1) is 5.69 Å². The molecule has 1 saturated heterocycles. The SMILES string of the molecule is Cc1cc(N2CCCC(NS(=O)(=O)c3cc(C)c(C)s3)C2=O)n(C)n1. The third-order valence-electron chi connectivity index (χ3n) is 4.40. The molecule has 3 rings (SSSR count). The molecule has 1 fully saturated rings. The number of aryl methyl sites for hydroxylation is 4. The lowest BCUT2D eigenvalue weighted by Gasteiger charge is -2.32. The van der Waals surface area contributed by atoms with E-state index in [4.69, 9.17) is 0 Å². The zero-order valence-electron chi connectivity index (χ0n) is 14.7. The molecule has 25 heavy (non-hydrogen) atoms. The van der Waals surface area contributed by atoms with Gasteiger partial charge in [0.15, 0.2) is 0 Å². The molecule has 2 aromatic rings. The van der Waals surface area contributed by atoms with E-state index in [0.29, 0.717) is 18.8 Å². The van der Waals surface area contributed by atoms with Crippen LogP contribution in [0.25, 0.3) is 0 Å². The Morgan fingerprint density at radius 2 is 2.00 bits per heavy atom. The second-order valence-corrected chi connectivity index (χ2v) is 9.58. The molecule has 0 bridgehead atoms. The second-order valence-electron chi connectivity index (χ2n) is 6.38. The van der Waals surface area contributed by atoms with E-state index in [0.717, 1.165) is 22.6 Å². The molecule has 3 heterocycles. The average molecular weight is 383 g/mol. The number of nitrogens with zero attached hydrogens (tertiary/aromatic N) is 3. The number of anilines is 1. The molecule has 1 unspecified atom stereocenters. The Kier molecular flexibility index (Phi) is 4.74. The molecule has 1 aliphatic rings. The zero-order valence-corrected chi connectivity index (χ0v) is 16.4. The summed E-state index contributed by atoms with van der Waals surface area (Å²) < 4.78 is 29.8. The molecule has 0 aromatic carbocycles. The number of hydrogen-bond acceptors (Lipinski definition) is 5. The summed E-state index contributed by atoms with van der Waals surface area (Å²) in [5.41, 5.74) is 1.75. The summed E-state index contributed by atoms with van der Waals surface area (Å²) in [6.07, 6.45) is 1.22. The van der Waals surface area contributed by atoms with Crippen LogP contribution in [0.3, 0.4) is 0 Å². The van der Waals surface area contributed by atoms with Gasteiger partial charge in [-0.3, -0.25) is 14.4 Å². The minimum atomic E-state index is -3.71. The van der Waals surface area contributed by atoms with Gasteiger partial charge in [0.25, 0.3) is 10.0 Å². The Morgan fingerprint density at radius 1 is 1.28 bits per heavy atom. The number of piperidine rings is 1. The molecule has 0 aliphatic carbocycles. The number of rotatable bonds is 4. The minimum absolute atomic E-state index is 0.233. The maximum Gasteiger partial charge on any atom is 0.250 e. The van der Waals surface area contributed by atoms with Crippen molar-refractivity contribution >= 4 is 33.1 Å². The largest absolute Gasteiger partial charge is 0.296 e. The van der Waals surface area contributed by atoms with E-state index in [1.54, 1.807) is 22.7 Å². The highest BCUT2D eigenvalue weighted by Crippen LogP contribution is 2.27. The van der Waals surface area contributed by atoms with Gasteiger partial charge in [-0.2, -0.15) is 9.82 Å². The molecular weight excluding hydrogens is 360 g/mol. The van der Waals surface area contributed by atoms with Crippen LogP contribution < -0.4 is 9.62 Å². The Balaban J connectivity index is 1.83. The lowest BCUT2D eigenvalue weighted by Crippen LogP contribution is -2.52. The first kappa shape index (κ1) is 18.1. The van der Waals surface area contributed by atoms with Crippen LogP contribution in [0.2, 0.25) is 0 Å². The first-order valence-corrected chi connectivity index (χ1v) is 10.4. The predicted molar refractivity (Wildman–Crippen MR) is 97.4 cm³/mol. The quantitative estimate of drug-likeness (QED) is 0.875. The molecule has 0 saturated carbocycles. The monoisotopic (exact) mass is 382 g/mol. The molecule has 1 atom stereocenters. The normalized spacial score (nSPS) is 18.8. The summed E-state index contributed by atoms with van der Waals surface area (Å²) in [6, 6.07) is 2.73. The van der Waals surface area contributed by atoms with E-state index in [1.165, 1.54) is 11.3 Å². The van der Waals surface area contributed by atoms with Crippen LogP contribution in [-0.4, -0.2) is 36.7 Å². The fourth-order valence-corrected chi connectivity index (χ4v) is 5.74. The molecule has 2 aromatic heterocycles. The third kappa shape index (κ3) is 3.49. The van der Waals surface area contributed by atoms with Crippen LogP contribution in [0.4, 0.5) is 5.82 Å². The summed E-state index contributed by atoms with van der Waals surface area (Å²) >= 11 is 1.22. The van der Waals surface area contributed by atoms with Crippen molar-refractivity contribution in [2.75, 3.05) is 11.4 Å². The number of sulfonamides is 1. The van der Waals surface area contributed by atoms with Crippen molar-refractivity contribution in [1.29, 1.82) is 0 Å². The number of carbonyl (C=O) groups excluding carboxylic acids is 1. The summed E-state index contributed by atoms with van der Waals surface area (Å²) in [6.45, 7) is 6.19. The van der Waals surface area contributed by atoms with Gasteiger partial charge in [-0.15, -0.1) is 11.3 Å². The Labute approximate surface area is 151 Å². The summed E-state index contributed by atoms with van der Waals surface area (Å²) in [7, 11) is -1.93. The molecule has 0 radical (unpaired) electrons. The second kappa shape index (κ2) is 6.54. The lowest BCUT2D eigenvalue weighted by atomic mass is 10.1. The van der Waals surface area contributed by atoms with Gasteiger partial charge in [-0.05, 0) is 45.2 Å². The number of hydrogen-bond donors (Lipinski definition) is 1. The molecule has 9 heteroatoms. The fourth-order valence-electron chi connectivity index (χ4n) is 2.98. The molecule has 136 valence electrons. The van der Waals surface area contributed by atoms with E-state index in [-0.39, 0.29) is 10.1 Å². The molecular formula is C16H22N4O3S2. The van der Waals surface area contributed by atoms with Gasteiger partial charge in [-0.1, -0.05) is 0 Å². The molecule has 7 nitrogen and oxygen atoms in total. The first-order chi connectivity index (χ1) is 11.7. The highest BCUT2D eigenvalue weighted by Gasteiger charge is 2.34. The minimum Gasteiger partial charge on any atom is -0.296 e. The van der Waals surface area contributed by atoms with Crippen LogP contribution in [0.1, 0.15) is 29.0 Å². The van der Waals surface area contributed by atoms with Crippen LogP contribution in [0.15, 0.2) is 16.3 Å². The van der Waals surface area contributed by atoms with E-state index in [9.17, 15) is 13.2 Å². The van der Waals surface area contributed by atoms with E-state index in [2.05, 4.69) is 9.82 Å². The van der Waals surface area contributed by atoms with Crippen molar-refractivity contribution in [3.63, 3.8) is 0 Å². The highest BCUT2D eigenvalue weighted by molar-refractivity contribution is 7.91. The van der Waals surface area contributed by atoms with Crippen LogP contribution in [0, 0.1) is 20.8 Å². The Hall–Kier alpha value is -1.71. The van der Waals surface area contributed by atoms with Crippen molar-refractivity contribution in [3.05, 3.63) is 28.3 Å². The third-order valence-corrected chi connectivity index (χ3v) is 7.50. The molecule has 0 spiro atoms. The zero-order chi connectivity index (χ0) is 18.4. The fraction of sp³-hybridized carbons (Fsp3) is 0.500. The van der Waals surface area contributed by atoms with Gasteiger partial charge in [0, 0.05) is 24.5 Å². The van der Waals surface area contributed by atoms with Crippen molar-refractivity contribution in [2.24, 2.45) is 7.05 Å². The van der Waals surface area contributed by atoms with E-state index >= 15 is 0 Å². The van der Waals surface area contributed by atoms with Crippen LogP contribution >= 0.6 is 11.3 Å². The standard InChI is InChI=1S/C16H22N4O3S2/c1-10-8-15(24-12(10)3)25(22,23)18-13-6-5-7-20(16(13)21)14-9-11(2)17-19(14)4/h8-9,13,18H,5-7H2,1-4H3. The Bertz CT molecular complexity index is 894. The maximum atomic E-state index is 12.8. The van der Waals surface area contributed by atoms with Crippen molar-refractivity contribution in [2.45, 2.75) is 43.9 Å². The average Bonchev–Trinajstić information content (AvgIpc) is 3.04. The molecule has 1 N–H and O–H groups in total. The van der Waals surface area contributed by atoms with Gasteiger partial charge in [0.1, 0.15) is 16.1 Å². The number of nitrogens with one attached hydrogen (secondary N) is 1. The smallest absolute Gasteiger partial charge is 0.250 e. The van der Waals surface area contributed by atoms with E-state index in [1.807, 2.05) is 26.8 Å². The molecule has 1 amide bonds. The molecule has 1 aliphatic heterocycles. The van der Waals surface area contributed by atoms with Gasteiger partial charge >= 0.3 is 0 Å². The summed E-state index contributed by atoms with van der Waals surface area (Å²) in [4.78, 5) is 15.4. The topological polar surface area (TPSA) is 84.3 Å². The summed E-state index contributed by atoms with van der Waals surface area (Å²) in [5.74, 6) is 0.456. The van der Waals surface area contributed by atoms with E-state index < -0.39 is 16.1 Å².